The van der Waals surface area contributed by atoms with Gasteiger partial charge in [0.25, 0.3) is 5.56 Å². The van der Waals surface area contributed by atoms with Gasteiger partial charge in [-0.3, -0.25) is 14.3 Å². The third-order valence-corrected chi connectivity index (χ3v) is 2.66. The molecule has 0 spiro atoms. The number of hydrogen-bond donors (Lipinski definition) is 1. The lowest BCUT2D eigenvalue weighted by Crippen LogP contribution is -2.30. The van der Waals surface area contributed by atoms with Crippen LogP contribution in [0, 0.1) is 0 Å². The highest BCUT2D eigenvalue weighted by Gasteiger charge is 2.00. The summed E-state index contributed by atoms with van der Waals surface area (Å²) in [6, 6.07) is 0. The number of aromatic amines is 1. The molecule has 1 heterocycles. The molecule has 72 valence electrons. The number of nitrogens with one attached hydrogen (secondary N) is 1. The minimum atomic E-state index is -0.384. The van der Waals surface area contributed by atoms with E-state index in [2.05, 4.69) is 20.9 Å². The number of H-pyrrole nitrogens is 1. The van der Waals surface area contributed by atoms with Crippen molar-refractivity contribution in [3.63, 3.8) is 0 Å². The highest BCUT2D eigenvalue weighted by molar-refractivity contribution is 9.10. The third kappa shape index (κ3) is 2.73. The van der Waals surface area contributed by atoms with Gasteiger partial charge in [0, 0.05) is 18.5 Å². The lowest BCUT2D eigenvalue weighted by Gasteiger charge is -2.02. The Morgan fingerprint density at radius 1 is 1.62 bits per heavy atom. The van der Waals surface area contributed by atoms with Crippen LogP contribution >= 0.6 is 27.7 Å². The Labute approximate surface area is 87.5 Å². The van der Waals surface area contributed by atoms with Gasteiger partial charge in [-0.25, -0.2) is 4.79 Å². The molecule has 0 aliphatic heterocycles. The van der Waals surface area contributed by atoms with Gasteiger partial charge < -0.3 is 0 Å². The van der Waals surface area contributed by atoms with E-state index in [9.17, 15) is 9.59 Å². The van der Waals surface area contributed by atoms with Gasteiger partial charge in [0.2, 0.25) is 0 Å². The molecule has 0 aromatic carbocycles. The zero-order valence-corrected chi connectivity index (χ0v) is 9.44. The summed E-state index contributed by atoms with van der Waals surface area (Å²) in [5.74, 6) is 0.846. The molecule has 4 nitrogen and oxygen atoms in total. The average molecular weight is 265 g/mol. The second-order valence-electron chi connectivity index (χ2n) is 2.42. The molecule has 0 amide bonds. The molecule has 0 unspecified atom stereocenters. The molecule has 0 aliphatic rings. The number of hydrogen-bond acceptors (Lipinski definition) is 3. The van der Waals surface area contributed by atoms with Crippen LogP contribution in [-0.2, 0) is 6.54 Å². The maximum Gasteiger partial charge on any atom is 0.328 e. The second-order valence-corrected chi connectivity index (χ2v) is 4.26. The Morgan fingerprint density at radius 2 is 2.31 bits per heavy atom. The summed E-state index contributed by atoms with van der Waals surface area (Å²) in [6.07, 6.45) is 3.48. The van der Waals surface area contributed by atoms with Crippen LogP contribution in [0.5, 0.6) is 0 Å². The van der Waals surface area contributed by atoms with Crippen molar-refractivity contribution in [2.24, 2.45) is 0 Å². The summed E-state index contributed by atoms with van der Waals surface area (Å²) in [4.78, 5) is 24.3. The van der Waals surface area contributed by atoms with E-state index in [0.29, 0.717) is 11.0 Å². The van der Waals surface area contributed by atoms with Gasteiger partial charge in [-0.2, -0.15) is 11.8 Å². The predicted octanol–water partition coefficient (Wildman–Crippen LogP) is 0.662. The molecule has 13 heavy (non-hydrogen) atoms. The number of rotatable bonds is 3. The topological polar surface area (TPSA) is 54.9 Å². The van der Waals surface area contributed by atoms with Crippen molar-refractivity contribution < 1.29 is 0 Å². The maximum atomic E-state index is 11.2. The lowest BCUT2D eigenvalue weighted by atomic mass is 10.6. The first-order valence-electron chi connectivity index (χ1n) is 3.63. The number of aromatic nitrogens is 2. The monoisotopic (exact) mass is 264 g/mol. The van der Waals surface area contributed by atoms with Crippen molar-refractivity contribution in [2.45, 2.75) is 6.54 Å². The molecule has 6 heteroatoms. The molecular formula is C7H9BrN2O2S. The minimum Gasteiger partial charge on any atom is -0.299 e. The Balaban J connectivity index is 3.02. The molecule has 1 aromatic rings. The van der Waals surface area contributed by atoms with Crippen molar-refractivity contribution in [1.82, 2.24) is 9.55 Å². The summed E-state index contributed by atoms with van der Waals surface area (Å²) in [7, 11) is 0. The fourth-order valence-corrected chi connectivity index (χ4v) is 1.56. The quantitative estimate of drug-likeness (QED) is 0.873. The van der Waals surface area contributed by atoms with Crippen LogP contribution in [0.4, 0.5) is 0 Å². The van der Waals surface area contributed by atoms with Gasteiger partial charge >= 0.3 is 5.69 Å². The van der Waals surface area contributed by atoms with Crippen LogP contribution in [0.25, 0.3) is 0 Å². The largest absolute Gasteiger partial charge is 0.328 e. The van der Waals surface area contributed by atoms with E-state index in [0.717, 1.165) is 5.75 Å². The minimum absolute atomic E-state index is 0.359. The van der Waals surface area contributed by atoms with E-state index < -0.39 is 0 Å². The third-order valence-electron chi connectivity index (χ3n) is 1.50. The smallest absolute Gasteiger partial charge is 0.299 e. The first kappa shape index (κ1) is 10.6. The normalized spacial score (nSPS) is 10.3. The van der Waals surface area contributed by atoms with Crippen LogP contribution in [0.3, 0.4) is 0 Å². The van der Waals surface area contributed by atoms with Gasteiger partial charge in [-0.15, -0.1) is 0 Å². The van der Waals surface area contributed by atoms with E-state index in [1.807, 2.05) is 6.26 Å². The molecule has 0 bridgehead atoms. The average Bonchev–Trinajstić information content (AvgIpc) is 2.09. The fourth-order valence-electron chi connectivity index (χ4n) is 0.838. The summed E-state index contributed by atoms with van der Waals surface area (Å²) in [5.41, 5.74) is -0.743. The van der Waals surface area contributed by atoms with Crippen molar-refractivity contribution in [2.75, 3.05) is 12.0 Å². The number of aryl methyl sites for hydroxylation is 1. The molecule has 1 rings (SSSR count). The van der Waals surface area contributed by atoms with Gasteiger partial charge in [0.1, 0.15) is 0 Å². The van der Waals surface area contributed by atoms with Gasteiger partial charge in [0.05, 0.1) is 4.47 Å². The van der Waals surface area contributed by atoms with Crippen molar-refractivity contribution >= 4 is 27.7 Å². The second kappa shape index (κ2) is 4.66. The molecule has 0 saturated heterocycles. The fraction of sp³-hybridized carbons (Fsp3) is 0.429. The summed E-state index contributed by atoms with van der Waals surface area (Å²) >= 11 is 4.71. The number of thioether (sulfide) groups is 1. The Morgan fingerprint density at radius 3 is 2.92 bits per heavy atom. The molecule has 0 radical (unpaired) electrons. The molecule has 0 atom stereocenters. The lowest BCUT2D eigenvalue weighted by molar-refractivity contribution is 0.696. The van der Waals surface area contributed by atoms with Gasteiger partial charge in [-0.05, 0) is 22.2 Å². The zero-order chi connectivity index (χ0) is 9.84. The molecule has 1 N–H and O–H groups in total. The first-order chi connectivity index (χ1) is 6.15. The van der Waals surface area contributed by atoms with E-state index in [1.54, 1.807) is 11.8 Å². The SMILES string of the molecule is CSCCn1cc(Br)c(=O)[nH]c1=O. The zero-order valence-electron chi connectivity index (χ0n) is 7.04. The Kier molecular flexibility index (Phi) is 3.80. The van der Waals surface area contributed by atoms with Crippen molar-refractivity contribution in [3.05, 3.63) is 31.5 Å². The van der Waals surface area contributed by atoms with Crippen LogP contribution in [0.2, 0.25) is 0 Å². The highest BCUT2D eigenvalue weighted by Crippen LogP contribution is 1.99. The standard InChI is InChI=1S/C7H9BrN2O2S/c1-13-3-2-10-4-5(8)6(11)9-7(10)12/h4H,2-3H2,1H3,(H,9,11,12). The molecular weight excluding hydrogens is 256 g/mol. The summed E-state index contributed by atoms with van der Waals surface area (Å²) < 4.78 is 1.86. The molecule has 1 aromatic heterocycles. The van der Waals surface area contributed by atoms with Crippen molar-refractivity contribution in [1.29, 1.82) is 0 Å². The van der Waals surface area contributed by atoms with Gasteiger partial charge in [-0.1, -0.05) is 0 Å². The van der Waals surface area contributed by atoms with E-state index in [-0.39, 0.29) is 11.2 Å². The number of halogens is 1. The summed E-state index contributed by atoms with van der Waals surface area (Å²) in [6.45, 7) is 0.607. The first-order valence-corrected chi connectivity index (χ1v) is 5.82. The molecule has 0 fully saturated rings. The highest BCUT2D eigenvalue weighted by atomic mass is 79.9. The van der Waals surface area contributed by atoms with Crippen LogP contribution in [-0.4, -0.2) is 21.6 Å². The molecule has 0 saturated carbocycles. The van der Waals surface area contributed by atoms with E-state index >= 15 is 0 Å². The van der Waals surface area contributed by atoms with Crippen molar-refractivity contribution in [3.8, 4) is 0 Å². The Hall–Kier alpha value is -0.490. The van der Waals surface area contributed by atoms with Crippen LogP contribution in [0.1, 0.15) is 0 Å². The Bertz CT molecular complexity index is 398. The van der Waals surface area contributed by atoms with E-state index in [4.69, 9.17) is 0 Å². The maximum absolute atomic E-state index is 11.2. The predicted molar refractivity (Wildman–Crippen MR) is 57.4 cm³/mol. The summed E-state index contributed by atoms with van der Waals surface area (Å²) in [5, 5.41) is 0. The van der Waals surface area contributed by atoms with Crippen LogP contribution in [0.15, 0.2) is 20.3 Å². The van der Waals surface area contributed by atoms with Crippen LogP contribution < -0.4 is 11.2 Å². The molecule has 0 aliphatic carbocycles. The van der Waals surface area contributed by atoms with E-state index in [1.165, 1.54) is 10.8 Å². The number of nitrogens with zero attached hydrogens (tertiary/aromatic N) is 1. The van der Waals surface area contributed by atoms with Gasteiger partial charge in [0.15, 0.2) is 0 Å².